The highest BCUT2D eigenvalue weighted by atomic mass is 16.6. The Hall–Kier alpha value is -2.28. The van der Waals surface area contributed by atoms with Crippen molar-refractivity contribution in [1.29, 1.82) is 0 Å². The fourth-order valence-electron chi connectivity index (χ4n) is 3.03. The molecule has 7 heteroatoms. The molecule has 1 saturated heterocycles. The molecule has 28 heavy (non-hydrogen) atoms. The van der Waals surface area contributed by atoms with Crippen molar-refractivity contribution in [1.82, 2.24) is 9.80 Å². The number of carbonyl (C=O) groups excluding carboxylic acids is 1. The molecule has 1 aromatic rings. The molecule has 1 heterocycles. The van der Waals surface area contributed by atoms with Gasteiger partial charge in [0.05, 0.1) is 13.0 Å². The zero-order valence-corrected chi connectivity index (χ0v) is 17.1. The second-order valence-electron chi connectivity index (χ2n) is 8.08. The van der Waals surface area contributed by atoms with Gasteiger partial charge in [-0.15, -0.1) is 0 Å². The molecule has 0 aromatic heterocycles. The van der Waals surface area contributed by atoms with E-state index in [1.165, 1.54) is 0 Å². The Kier molecular flexibility index (Phi) is 8.11. The number of unbranched alkanes of at least 4 members (excludes halogenated alkanes) is 1. The lowest BCUT2D eigenvalue weighted by molar-refractivity contribution is -0.136. The summed E-state index contributed by atoms with van der Waals surface area (Å²) in [6.07, 6.45) is 1.72. The second kappa shape index (κ2) is 10.3. The maximum atomic E-state index is 12.1. The van der Waals surface area contributed by atoms with Gasteiger partial charge in [0.2, 0.25) is 0 Å². The van der Waals surface area contributed by atoms with Gasteiger partial charge >= 0.3 is 12.1 Å². The van der Waals surface area contributed by atoms with Crippen LogP contribution < -0.4 is 4.74 Å². The van der Waals surface area contributed by atoms with Gasteiger partial charge in [0.1, 0.15) is 11.4 Å². The molecule has 1 aliphatic heterocycles. The molecule has 0 saturated carbocycles. The predicted molar refractivity (Wildman–Crippen MR) is 107 cm³/mol. The summed E-state index contributed by atoms with van der Waals surface area (Å²) < 4.78 is 11.1. The number of carbonyl (C=O) groups is 2. The van der Waals surface area contributed by atoms with Crippen molar-refractivity contribution in [2.24, 2.45) is 0 Å². The molecule has 7 nitrogen and oxygen atoms in total. The fourth-order valence-corrected chi connectivity index (χ4v) is 3.03. The van der Waals surface area contributed by atoms with E-state index >= 15 is 0 Å². The van der Waals surface area contributed by atoms with Crippen LogP contribution in [0.3, 0.4) is 0 Å². The lowest BCUT2D eigenvalue weighted by Crippen LogP contribution is -2.50. The second-order valence-corrected chi connectivity index (χ2v) is 8.08. The third kappa shape index (κ3) is 8.17. The van der Waals surface area contributed by atoms with Crippen molar-refractivity contribution >= 4 is 12.1 Å². The van der Waals surface area contributed by atoms with E-state index in [1.807, 2.05) is 32.9 Å². The molecular formula is C21H32N2O5. The molecule has 0 aliphatic carbocycles. The molecule has 0 unspecified atom stereocenters. The normalized spacial score (nSPS) is 15.3. The number of benzene rings is 1. The molecule has 0 atom stereocenters. The zero-order valence-electron chi connectivity index (χ0n) is 17.1. The first-order valence-electron chi connectivity index (χ1n) is 9.87. The lowest BCUT2D eigenvalue weighted by Gasteiger charge is -2.35. The number of nitrogens with zero attached hydrogens (tertiary/aromatic N) is 2. The van der Waals surface area contributed by atoms with Crippen LogP contribution in [-0.4, -0.2) is 71.9 Å². The number of amides is 1. The Morgan fingerprint density at radius 3 is 2.46 bits per heavy atom. The van der Waals surface area contributed by atoms with Crippen LogP contribution in [0.5, 0.6) is 5.75 Å². The smallest absolute Gasteiger partial charge is 0.410 e. The number of carboxylic acids is 1. The molecule has 1 fully saturated rings. The van der Waals surface area contributed by atoms with Gasteiger partial charge in [-0.1, -0.05) is 12.1 Å². The van der Waals surface area contributed by atoms with Crippen molar-refractivity contribution in [3.05, 3.63) is 29.8 Å². The van der Waals surface area contributed by atoms with E-state index in [0.29, 0.717) is 25.4 Å². The number of aliphatic carboxylic acids is 1. The zero-order chi connectivity index (χ0) is 20.6. The largest absolute Gasteiger partial charge is 0.494 e. The first kappa shape index (κ1) is 22.0. The van der Waals surface area contributed by atoms with Crippen molar-refractivity contribution in [3.63, 3.8) is 0 Å². The number of rotatable bonds is 8. The molecule has 156 valence electrons. The summed E-state index contributed by atoms with van der Waals surface area (Å²) in [6, 6.07) is 7.24. The Morgan fingerprint density at radius 1 is 1.11 bits per heavy atom. The molecule has 1 N–H and O–H groups in total. The highest BCUT2D eigenvalue weighted by Gasteiger charge is 2.25. The van der Waals surface area contributed by atoms with E-state index in [0.717, 1.165) is 38.0 Å². The van der Waals surface area contributed by atoms with Crippen molar-refractivity contribution in [2.45, 2.75) is 45.6 Å². The average molecular weight is 392 g/mol. The Balaban J connectivity index is 1.60. The number of ether oxygens (including phenoxy) is 2. The lowest BCUT2D eigenvalue weighted by atomic mass is 10.1. The van der Waals surface area contributed by atoms with E-state index in [4.69, 9.17) is 14.6 Å². The van der Waals surface area contributed by atoms with E-state index in [2.05, 4.69) is 4.90 Å². The van der Waals surface area contributed by atoms with Gasteiger partial charge in [0.15, 0.2) is 0 Å². The summed E-state index contributed by atoms with van der Waals surface area (Å²) in [7, 11) is 0. The van der Waals surface area contributed by atoms with Crippen molar-refractivity contribution in [2.75, 3.05) is 39.3 Å². The topological polar surface area (TPSA) is 79.3 Å². The maximum absolute atomic E-state index is 12.1. The van der Waals surface area contributed by atoms with Gasteiger partial charge in [-0.25, -0.2) is 4.79 Å². The SMILES string of the molecule is CC(C)(C)OC(=O)N1CCN(CCCCOc2cccc(CC(=O)O)c2)CC1. The number of piperazine rings is 1. The summed E-state index contributed by atoms with van der Waals surface area (Å²) in [4.78, 5) is 27.0. The van der Waals surface area contributed by atoms with Crippen LogP contribution in [0.15, 0.2) is 24.3 Å². The van der Waals surface area contributed by atoms with Crippen LogP contribution in [0.4, 0.5) is 4.79 Å². The molecule has 1 amide bonds. The molecule has 2 rings (SSSR count). The number of hydrogen-bond donors (Lipinski definition) is 1. The van der Waals surface area contributed by atoms with E-state index in [9.17, 15) is 9.59 Å². The quantitative estimate of drug-likeness (QED) is 0.685. The summed E-state index contributed by atoms with van der Waals surface area (Å²) in [6.45, 7) is 10.3. The van der Waals surface area contributed by atoms with Gasteiger partial charge in [-0.05, 0) is 57.9 Å². The Bertz CT molecular complexity index is 648. The van der Waals surface area contributed by atoms with Crippen LogP contribution in [0.2, 0.25) is 0 Å². The van der Waals surface area contributed by atoms with E-state index in [-0.39, 0.29) is 12.5 Å². The number of carboxylic acid groups (broad SMARTS) is 1. The predicted octanol–water partition coefficient (Wildman–Crippen LogP) is 3.03. The molecule has 1 aliphatic rings. The minimum Gasteiger partial charge on any atom is -0.494 e. The van der Waals surface area contributed by atoms with Gasteiger partial charge < -0.3 is 19.5 Å². The molecule has 0 radical (unpaired) electrons. The van der Waals surface area contributed by atoms with Crippen LogP contribution in [-0.2, 0) is 16.0 Å². The highest BCUT2D eigenvalue weighted by molar-refractivity contribution is 5.70. The minimum absolute atomic E-state index is 0.00642. The van der Waals surface area contributed by atoms with Gasteiger partial charge in [-0.2, -0.15) is 0 Å². The van der Waals surface area contributed by atoms with Gasteiger partial charge in [-0.3, -0.25) is 9.69 Å². The Morgan fingerprint density at radius 2 is 1.82 bits per heavy atom. The monoisotopic (exact) mass is 392 g/mol. The Labute approximate surface area is 167 Å². The summed E-state index contributed by atoms with van der Waals surface area (Å²) >= 11 is 0. The van der Waals surface area contributed by atoms with Crippen LogP contribution in [0, 0.1) is 0 Å². The first-order chi connectivity index (χ1) is 13.2. The standard InChI is InChI=1S/C21H32N2O5/c1-21(2,3)28-20(26)23-12-10-22(11-13-23)9-4-5-14-27-18-8-6-7-17(15-18)16-19(24)25/h6-8,15H,4-5,9-14,16H2,1-3H3,(H,24,25). The first-order valence-corrected chi connectivity index (χ1v) is 9.87. The number of hydrogen-bond acceptors (Lipinski definition) is 5. The molecule has 1 aromatic carbocycles. The molecule has 0 spiro atoms. The van der Waals surface area contributed by atoms with E-state index in [1.54, 1.807) is 17.0 Å². The molecule has 0 bridgehead atoms. The fraction of sp³-hybridized carbons (Fsp3) is 0.619. The highest BCUT2D eigenvalue weighted by Crippen LogP contribution is 2.15. The summed E-state index contributed by atoms with van der Waals surface area (Å²) in [5.41, 5.74) is 0.286. The van der Waals surface area contributed by atoms with E-state index < -0.39 is 11.6 Å². The van der Waals surface area contributed by atoms with Crippen LogP contribution >= 0.6 is 0 Å². The van der Waals surface area contributed by atoms with Gasteiger partial charge in [0.25, 0.3) is 0 Å². The summed E-state index contributed by atoms with van der Waals surface area (Å²) in [5, 5.41) is 8.85. The van der Waals surface area contributed by atoms with Crippen LogP contribution in [0.1, 0.15) is 39.2 Å². The minimum atomic E-state index is -0.844. The summed E-state index contributed by atoms with van der Waals surface area (Å²) in [5.74, 6) is -0.131. The third-order valence-corrected chi connectivity index (χ3v) is 4.42. The van der Waals surface area contributed by atoms with Gasteiger partial charge in [0, 0.05) is 26.2 Å². The maximum Gasteiger partial charge on any atom is 0.410 e. The molecular weight excluding hydrogens is 360 g/mol. The van der Waals surface area contributed by atoms with Crippen molar-refractivity contribution in [3.8, 4) is 5.75 Å². The third-order valence-electron chi connectivity index (χ3n) is 4.42. The average Bonchev–Trinajstić information content (AvgIpc) is 2.60. The van der Waals surface area contributed by atoms with Crippen molar-refractivity contribution < 1.29 is 24.2 Å². The van der Waals surface area contributed by atoms with Crippen LogP contribution in [0.25, 0.3) is 0 Å².